The number of hydrogen-bond acceptors (Lipinski definition) is 6. The highest BCUT2D eigenvalue weighted by molar-refractivity contribution is 5.87. The van der Waals surface area contributed by atoms with Gasteiger partial charge in [-0.1, -0.05) is 12.1 Å². The normalized spacial score (nSPS) is 13.7. The van der Waals surface area contributed by atoms with Gasteiger partial charge in [0, 0.05) is 50.7 Å². The second-order valence-corrected chi connectivity index (χ2v) is 7.70. The summed E-state index contributed by atoms with van der Waals surface area (Å²) in [4.78, 5) is 35.8. The number of anilines is 1. The lowest BCUT2D eigenvalue weighted by atomic mass is 10.1. The highest BCUT2D eigenvalue weighted by Gasteiger charge is 2.23. The number of amides is 1. The number of nitrogens with zero attached hydrogens (tertiary/aromatic N) is 4. The summed E-state index contributed by atoms with van der Waals surface area (Å²) in [5.41, 5.74) is 3.42. The van der Waals surface area contributed by atoms with E-state index in [0.717, 1.165) is 17.7 Å². The van der Waals surface area contributed by atoms with Crippen LogP contribution in [-0.4, -0.2) is 58.2 Å². The van der Waals surface area contributed by atoms with Gasteiger partial charge in [-0.05, 0) is 54.4 Å². The number of pyridine rings is 2. The Morgan fingerprint density at radius 2 is 1.75 bits per heavy atom. The van der Waals surface area contributed by atoms with E-state index in [9.17, 15) is 9.59 Å². The molecule has 1 amide bonds. The smallest absolute Gasteiger partial charge is 0.415 e. The van der Waals surface area contributed by atoms with E-state index in [1.165, 1.54) is 17.8 Å². The van der Waals surface area contributed by atoms with Gasteiger partial charge in [-0.25, -0.2) is 14.6 Å². The summed E-state index contributed by atoms with van der Waals surface area (Å²) in [6.45, 7) is 4.23. The van der Waals surface area contributed by atoms with Crippen LogP contribution in [0, 0.1) is 6.92 Å². The van der Waals surface area contributed by atoms with Gasteiger partial charge < -0.3 is 19.6 Å². The Morgan fingerprint density at radius 3 is 2.38 bits per heavy atom. The van der Waals surface area contributed by atoms with Crippen molar-refractivity contribution in [1.82, 2.24) is 14.9 Å². The number of benzene rings is 1. The van der Waals surface area contributed by atoms with Crippen molar-refractivity contribution in [3.8, 4) is 5.75 Å². The molecule has 0 atom stereocenters. The van der Waals surface area contributed by atoms with Crippen LogP contribution in [0.5, 0.6) is 5.75 Å². The topological polar surface area (TPSA) is 95.9 Å². The lowest BCUT2D eigenvalue weighted by Gasteiger charge is -2.34. The second kappa shape index (κ2) is 9.47. The van der Waals surface area contributed by atoms with E-state index in [1.807, 2.05) is 36.2 Å². The molecule has 0 saturated carbocycles. The Balaban J connectivity index is 1.28. The Hall–Kier alpha value is -3.94. The van der Waals surface area contributed by atoms with Gasteiger partial charge in [0.15, 0.2) is 0 Å². The molecule has 1 N–H and O–H groups in total. The van der Waals surface area contributed by atoms with Gasteiger partial charge in [0.25, 0.3) is 0 Å². The number of carboxylic acids is 1. The number of aromatic nitrogens is 2. The summed E-state index contributed by atoms with van der Waals surface area (Å²) in [5, 5.41) is 8.98. The molecule has 0 unspecified atom stereocenters. The highest BCUT2D eigenvalue weighted by atomic mass is 16.6. The van der Waals surface area contributed by atoms with Crippen molar-refractivity contribution in [2.24, 2.45) is 0 Å². The van der Waals surface area contributed by atoms with Crippen LogP contribution in [-0.2, 0) is 6.42 Å². The fourth-order valence-corrected chi connectivity index (χ4v) is 3.56. The monoisotopic (exact) mass is 432 g/mol. The molecule has 1 aliphatic rings. The quantitative estimate of drug-likeness (QED) is 0.660. The molecule has 4 rings (SSSR count). The van der Waals surface area contributed by atoms with Gasteiger partial charge in [0.2, 0.25) is 0 Å². The minimum absolute atomic E-state index is 0.150. The molecule has 0 spiro atoms. The van der Waals surface area contributed by atoms with Crippen LogP contribution >= 0.6 is 0 Å². The van der Waals surface area contributed by atoms with Crippen LogP contribution < -0.4 is 9.64 Å². The third-order valence-corrected chi connectivity index (χ3v) is 5.34. The number of carboxylic acid groups (broad SMARTS) is 1. The zero-order valence-corrected chi connectivity index (χ0v) is 17.8. The fraction of sp³-hybridized carbons (Fsp3) is 0.250. The van der Waals surface area contributed by atoms with E-state index in [0.29, 0.717) is 37.7 Å². The predicted octanol–water partition coefficient (Wildman–Crippen LogP) is 3.40. The minimum Gasteiger partial charge on any atom is -0.478 e. The molecule has 0 aliphatic carbocycles. The van der Waals surface area contributed by atoms with Gasteiger partial charge >= 0.3 is 12.1 Å². The predicted molar refractivity (Wildman–Crippen MR) is 119 cm³/mol. The van der Waals surface area contributed by atoms with Gasteiger partial charge in [0.1, 0.15) is 11.6 Å². The van der Waals surface area contributed by atoms with E-state index in [4.69, 9.17) is 9.84 Å². The zero-order chi connectivity index (χ0) is 22.5. The molecule has 164 valence electrons. The van der Waals surface area contributed by atoms with Crippen molar-refractivity contribution in [3.63, 3.8) is 0 Å². The van der Waals surface area contributed by atoms with Crippen LogP contribution in [0.4, 0.5) is 10.6 Å². The van der Waals surface area contributed by atoms with Crippen molar-refractivity contribution in [1.29, 1.82) is 0 Å². The summed E-state index contributed by atoms with van der Waals surface area (Å²) in [7, 11) is 0. The Labute approximate surface area is 186 Å². The number of piperazine rings is 1. The number of carbonyl (C=O) groups is 2. The summed E-state index contributed by atoms with van der Waals surface area (Å²) < 4.78 is 5.53. The first-order valence-electron chi connectivity index (χ1n) is 10.4. The SMILES string of the molecule is Cc1ccnc(Cc2ccc(OC(=O)N3CCN(c4ccc(C(=O)O)cn4)CC3)cc2)c1. The third-order valence-electron chi connectivity index (χ3n) is 5.34. The first-order chi connectivity index (χ1) is 15.5. The molecule has 2 aromatic heterocycles. The van der Waals surface area contributed by atoms with Gasteiger partial charge in [-0.3, -0.25) is 4.98 Å². The maximum absolute atomic E-state index is 12.5. The van der Waals surface area contributed by atoms with E-state index in [1.54, 1.807) is 23.1 Å². The molecule has 3 aromatic rings. The highest BCUT2D eigenvalue weighted by Crippen LogP contribution is 2.18. The minimum atomic E-state index is -1.00. The summed E-state index contributed by atoms with van der Waals surface area (Å²) in [6.07, 6.45) is 3.49. The first kappa shape index (κ1) is 21.3. The van der Waals surface area contributed by atoms with Crippen molar-refractivity contribution >= 4 is 17.9 Å². The average Bonchev–Trinajstić information content (AvgIpc) is 2.80. The van der Waals surface area contributed by atoms with Crippen LogP contribution in [0.1, 0.15) is 27.2 Å². The van der Waals surface area contributed by atoms with Crippen LogP contribution in [0.25, 0.3) is 0 Å². The lowest BCUT2D eigenvalue weighted by Crippen LogP contribution is -2.49. The number of carbonyl (C=O) groups excluding carboxylic acids is 1. The van der Waals surface area contributed by atoms with Gasteiger partial charge in [0.05, 0.1) is 5.56 Å². The zero-order valence-electron chi connectivity index (χ0n) is 17.8. The molecule has 32 heavy (non-hydrogen) atoms. The maximum Gasteiger partial charge on any atom is 0.415 e. The van der Waals surface area contributed by atoms with Crippen molar-refractivity contribution < 1.29 is 19.4 Å². The molecule has 0 radical (unpaired) electrons. The van der Waals surface area contributed by atoms with E-state index >= 15 is 0 Å². The Morgan fingerprint density at radius 1 is 1.00 bits per heavy atom. The first-order valence-corrected chi connectivity index (χ1v) is 10.4. The third kappa shape index (κ3) is 5.21. The average molecular weight is 432 g/mol. The second-order valence-electron chi connectivity index (χ2n) is 7.70. The van der Waals surface area contributed by atoms with Crippen molar-refractivity contribution in [2.45, 2.75) is 13.3 Å². The Kier molecular flexibility index (Phi) is 6.30. The number of aromatic carboxylic acids is 1. The number of hydrogen-bond donors (Lipinski definition) is 1. The van der Waals surface area contributed by atoms with Crippen LogP contribution in [0.3, 0.4) is 0 Å². The largest absolute Gasteiger partial charge is 0.478 e. The molecule has 8 heteroatoms. The van der Waals surface area contributed by atoms with Crippen LogP contribution in [0.2, 0.25) is 0 Å². The van der Waals surface area contributed by atoms with E-state index < -0.39 is 5.97 Å². The molecule has 3 heterocycles. The summed E-state index contributed by atoms with van der Waals surface area (Å²) in [5.74, 6) is 0.197. The molecule has 1 fully saturated rings. The fourth-order valence-electron chi connectivity index (χ4n) is 3.56. The van der Waals surface area contributed by atoms with Gasteiger partial charge in [-0.2, -0.15) is 0 Å². The summed E-state index contributed by atoms with van der Waals surface area (Å²) >= 11 is 0. The number of ether oxygens (including phenoxy) is 1. The molecule has 1 saturated heterocycles. The molecule has 0 bridgehead atoms. The molecule has 1 aromatic carbocycles. The van der Waals surface area contributed by atoms with Crippen molar-refractivity contribution in [3.05, 3.63) is 83.3 Å². The maximum atomic E-state index is 12.5. The van der Waals surface area contributed by atoms with Crippen molar-refractivity contribution in [2.75, 3.05) is 31.1 Å². The standard InChI is InChI=1S/C24H24N4O4/c1-17-8-9-25-20(14-17)15-18-2-5-21(6-3-18)32-24(31)28-12-10-27(11-13-28)22-7-4-19(16-26-22)23(29)30/h2-9,14,16H,10-13,15H2,1H3,(H,29,30). The van der Waals surface area contributed by atoms with E-state index in [-0.39, 0.29) is 11.7 Å². The van der Waals surface area contributed by atoms with E-state index in [2.05, 4.69) is 16.0 Å². The molecule has 8 nitrogen and oxygen atoms in total. The molecular formula is C24H24N4O4. The molecular weight excluding hydrogens is 408 g/mol. The number of rotatable bonds is 5. The lowest BCUT2D eigenvalue weighted by molar-refractivity contribution is 0.0696. The molecule has 1 aliphatic heterocycles. The van der Waals surface area contributed by atoms with Gasteiger partial charge in [-0.15, -0.1) is 0 Å². The summed E-state index contributed by atoms with van der Waals surface area (Å²) in [6, 6.07) is 14.7. The van der Waals surface area contributed by atoms with Crippen LogP contribution in [0.15, 0.2) is 60.9 Å². The number of aryl methyl sites for hydroxylation is 1. The Bertz CT molecular complexity index is 1090.